The number of nitrogens with two attached hydrogens (primary N) is 1. The van der Waals surface area contributed by atoms with E-state index >= 15 is 0 Å². The van der Waals surface area contributed by atoms with Gasteiger partial charge in [-0.2, -0.15) is 0 Å². The molecular formula is C14H19FN2O2. The van der Waals surface area contributed by atoms with Gasteiger partial charge in [0.2, 0.25) is 5.91 Å². The maximum atomic E-state index is 13.3. The second-order valence-electron chi connectivity index (χ2n) is 4.75. The van der Waals surface area contributed by atoms with Crippen LogP contribution in [0.2, 0.25) is 0 Å². The predicted molar refractivity (Wildman–Crippen MR) is 70.3 cm³/mol. The normalized spacial score (nSPS) is 16.4. The molecule has 1 fully saturated rings. The van der Waals surface area contributed by atoms with E-state index in [2.05, 4.69) is 0 Å². The van der Waals surface area contributed by atoms with Crippen molar-refractivity contribution in [3.63, 3.8) is 0 Å². The van der Waals surface area contributed by atoms with Crippen molar-refractivity contribution in [3.8, 4) is 5.75 Å². The Morgan fingerprint density at radius 2 is 2.05 bits per heavy atom. The minimum absolute atomic E-state index is 0.0447. The number of nitrogens with zero attached hydrogens (tertiary/aromatic N) is 1. The first-order valence-corrected chi connectivity index (χ1v) is 6.57. The van der Waals surface area contributed by atoms with Crippen LogP contribution in [-0.2, 0) is 4.79 Å². The minimum Gasteiger partial charge on any atom is -0.490 e. The van der Waals surface area contributed by atoms with E-state index in [9.17, 15) is 9.18 Å². The molecule has 19 heavy (non-hydrogen) atoms. The average Bonchev–Trinajstić information content (AvgIpc) is 2.41. The Hall–Kier alpha value is -1.62. The van der Waals surface area contributed by atoms with Gasteiger partial charge in [0.15, 0.2) is 11.6 Å². The summed E-state index contributed by atoms with van der Waals surface area (Å²) in [6, 6.07) is 6.40. The standard InChI is InChI=1S/C14H19FN2O2/c15-12-3-1-2-4-13(12)19-10-7-14(18)17-8-5-11(16)6-9-17/h1-4,11H,5-10,16H2. The maximum Gasteiger partial charge on any atom is 0.225 e. The molecule has 0 spiro atoms. The summed E-state index contributed by atoms with van der Waals surface area (Å²) in [4.78, 5) is 13.7. The van der Waals surface area contributed by atoms with E-state index in [1.54, 1.807) is 23.1 Å². The molecule has 0 atom stereocenters. The number of piperidine rings is 1. The average molecular weight is 266 g/mol. The highest BCUT2D eigenvalue weighted by molar-refractivity contribution is 5.76. The topological polar surface area (TPSA) is 55.6 Å². The molecule has 0 aromatic heterocycles. The van der Waals surface area contributed by atoms with Gasteiger partial charge in [0.05, 0.1) is 13.0 Å². The van der Waals surface area contributed by atoms with Crippen LogP contribution in [-0.4, -0.2) is 36.5 Å². The zero-order valence-corrected chi connectivity index (χ0v) is 10.8. The number of carbonyl (C=O) groups excluding carboxylic acids is 1. The number of rotatable bonds is 4. The number of hydrogen-bond donors (Lipinski definition) is 1. The SMILES string of the molecule is NC1CCN(C(=O)CCOc2ccccc2F)CC1. The van der Waals surface area contributed by atoms with Gasteiger partial charge in [0.1, 0.15) is 0 Å². The van der Waals surface area contributed by atoms with Crippen molar-refractivity contribution in [1.82, 2.24) is 4.90 Å². The molecule has 1 amide bonds. The Morgan fingerprint density at radius 3 is 2.74 bits per heavy atom. The summed E-state index contributed by atoms with van der Waals surface area (Å²) in [5.41, 5.74) is 5.79. The minimum atomic E-state index is -0.404. The van der Waals surface area contributed by atoms with Crippen molar-refractivity contribution in [2.75, 3.05) is 19.7 Å². The van der Waals surface area contributed by atoms with E-state index in [1.807, 2.05) is 0 Å². The quantitative estimate of drug-likeness (QED) is 0.899. The summed E-state index contributed by atoms with van der Waals surface area (Å²) >= 11 is 0. The molecule has 2 rings (SSSR count). The van der Waals surface area contributed by atoms with Crippen LogP contribution < -0.4 is 10.5 Å². The Morgan fingerprint density at radius 1 is 1.37 bits per heavy atom. The number of amides is 1. The van der Waals surface area contributed by atoms with Gasteiger partial charge in [-0.3, -0.25) is 4.79 Å². The number of benzene rings is 1. The number of hydrogen-bond acceptors (Lipinski definition) is 3. The highest BCUT2D eigenvalue weighted by Gasteiger charge is 2.20. The zero-order valence-electron chi connectivity index (χ0n) is 10.8. The number of carbonyl (C=O) groups is 1. The van der Waals surface area contributed by atoms with Gasteiger partial charge in [-0.1, -0.05) is 12.1 Å². The smallest absolute Gasteiger partial charge is 0.225 e. The summed E-state index contributed by atoms with van der Waals surface area (Å²) in [6.45, 7) is 1.61. The lowest BCUT2D eigenvalue weighted by atomic mass is 10.1. The molecule has 4 nitrogen and oxygen atoms in total. The molecule has 1 heterocycles. The first kappa shape index (κ1) is 13.8. The predicted octanol–water partition coefficient (Wildman–Crippen LogP) is 1.54. The van der Waals surface area contributed by atoms with E-state index in [4.69, 9.17) is 10.5 Å². The van der Waals surface area contributed by atoms with Crippen LogP contribution in [0.5, 0.6) is 5.75 Å². The van der Waals surface area contributed by atoms with Crippen molar-refractivity contribution in [3.05, 3.63) is 30.1 Å². The largest absolute Gasteiger partial charge is 0.490 e. The van der Waals surface area contributed by atoms with Crippen LogP contribution in [0.1, 0.15) is 19.3 Å². The van der Waals surface area contributed by atoms with Crippen molar-refractivity contribution < 1.29 is 13.9 Å². The lowest BCUT2D eigenvalue weighted by molar-refractivity contribution is -0.132. The summed E-state index contributed by atoms with van der Waals surface area (Å²) < 4.78 is 18.5. The van der Waals surface area contributed by atoms with Gasteiger partial charge in [0.25, 0.3) is 0 Å². The van der Waals surface area contributed by atoms with Crippen LogP contribution in [0.15, 0.2) is 24.3 Å². The summed E-state index contributed by atoms with van der Waals surface area (Å²) in [6.07, 6.45) is 1.96. The van der Waals surface area contributed by atoms with E-state index in [0.717, 1.165) is 12.8 Å². The Labute approximate surface area is 112 Å². The zero-order chi connectivity index (χ0) is 13.7. The van der Waals surface area contributed by atoms with E-state index in [-0.39, 0.29) is 30.7 Å². The third kappa shape index (κ3) is 3.92. The Bertz CT molecular complexity index is 431. The highest BCUT2D eigenvalue weighted by atomic mass is 19.1. The molecule has 2 N–H and O–H groups in total. The molecular weight excluding hydrogens is 247 g/mol. The van der Waals surface area contributed by atoms with Crippen LogP contribution in [0.3, 0.4) is 0 Å². The number of likely N-dealkylation sites (tertiary alicyclic amines) is 1. The van der Waals surface area contributed by atoms with Gasteiger partial charge in [0, 0.05) is 19.1 Å². The first-order chi connectivity index (χ1) is 9.16. The fourth-order valence-corrected chi connectivity index (χ4v) is 2.12. The van der Waals surface area contributed by atoms with Crippen molar-refractivity contribution in [2.45, 2.75) is 25.3 Å². The molecule has 0 radical (unpaired) electrons. The van der Waals surface area contributed by atoms with Gasteiger partial charge >= 0.3 is 0 Å². The second kappa shape index (κ2) is 6.52. The molecule has 1 saturated heterocycles. The fourth-order valence-electron chi connectivity index (χ4n) is 2.12. The third-order valence-corrected chi connectivity index (χ3v) is 3.30. The molecule has 0 bridgehead atoms. The van der Waals surface area contributed by atoms with Crippen LogP contribution in [0, 0.1) is 5.82 Å². The van der Waals surface area contributed by atoms with E-state index < -0.39 is 5.82 Å². The second-order valence-corrected chi connectivity index (χ2v) is 4.75. The number of ether oxygens (including phenoxy) is 1. The lowest BCUT2D eigenvalue weighted by Gasteiger charge is -2.30. The number of halogens is 1. The van der Waals surface area contributed by atoms with Gasteiger partial charge in [-0.15, -0.1) is 0 Å². The van der Waals surface area contributed by atoms with Gasteiger partial charge in [-0.25, -0.2) is 4.39 Å². The molecule has 5 heteroatoms. The molecule has 1 aliphatic heterocycles. The molecule has 1 aromatic rings. The van der Waals surface area contributed by atoms with E-state index in [1.165, 1.54) is 6.07 Å². The van der Waals surface area contributed by atoms with Crippen LogP contribution >= 0.6 is 0 Å². The Kier molecular flexibility index (Phi) is 4.74. The summed E-state index contributed by atoms with van der Waals surface area (Å²) in [5, 5.41) is 0. The highest BCUT2D eigenvalue weighted by Crippen LogP contribution is 2.16. The molecule has 0 aliphatic carbocycles. The summed E-state index contributed by atoms with van der Waals surface area (Å²) in [7, 11) is 0. The monoisotopic (exact) mass is 266 g/mol. The van der Waals surface area contributed by atoms with Gasteiger partial charge in [-0.05, 0) is 25.0 Å². The summed E-state index contributed by atoms with van der Waals surface area (Å²) in [5.74, 6) is -0.168. The number of para-hydroxylation sites is 1. The van der Waals surface area contributed by atoms with Crippen molar-refractivity contribution >= 4 is 5.91 Å². The molecule has 0 saturated carbocycles. The molecule has 104 valence electrons. The molecule has 1 aromatic carbocycles. The first-order valence-electron chi connectivity index (χ1n) is 6.57. The third-order valence-electron chi connectivity index (χ3n) is 3.30. The van der Waals surface area contributed by atoms with E-state index in [0.29, 0.717) is 13.1 Å². The molecule has 0 unspecified atom stereocenters. The van der Waals surface area contributed by atoms with Gasteiger partial charge < -0.3 is 15.4 Å². The maximum absolute atomic E-state index is 13.3. The van der Waals surface area contributed by atoms with Crippen LogP contribution in [0.4, 0.5) is 4.39 Å². The Balaban J connectivity index is 1.74. The fraction of sp³-hybridized carbons (Fsp3) is 0.500. The van der Waals surface area contributed by atoms with Crippen molar-refractivity contribution in [2.24, 2.45) is 5.73 Å². The molecule has 1 aliphatic rings. The van der Waals surface area contributed by atoms with Crippen LogP contribution in [0.25, 0.3) is 0 Å². The van der Waals surface area contributed by atoms with Crippen molar-refractivity contribution in [1.29, 1.82) is 0 Å². The lowest BCUT2D eigenvalue weighted by Crippen LogP contribution is -2.43.